The van der Waals surface area contributed by atoms with Gasteiger partial charge in [0.2, 0.25) is 0 Å². The van der Waals surface area contributed by atoms with E-state index in [2.05, 4.69) is 29.6 Å². The fraction of sp³-hybridized carbons (Fsp3) is 0.190. The Morgan fingerprint density at radius 1 is 1.00 bits per heavy atom. The highest BCUT2D eigenvalue weighted by Gasteiger charge is 2.10. The number of carbonyl (C=O) groups excluding carboxylic acids is 1. The lowest BCUT2D eigenvalue weighted by molar-refractivity contribution is -0.123. The van der Waals surface area contributed by atoms with Crippen LogP contribution in [0.25, 0.3) is 10.8 Å². The fourth-order valence-electron chi connectivity index (χ4n) is 2.63. The summed E-state index contributed by atoms with van der Waals surface area (Å²) in [5.74, 6) is 0.574. The van der Waals surface area contributed by atoms with Gasteiger partial charge in [-0.1, -0.05) is 54.1 Å². The highest BCUT2D eigenvalue weighted by Crippen LogP contribution is 2.20. The summed E-state index contributed by atoms with van der Waals surface area (Å²) in [6.45, 7) is 4.01. The summed E-state index contributed by atoms with van der Waals surface area (Å²) >= 11 is 0. The van der Waals surface area contributed by atoms with E-state index in [0.717, 1.165) is 11.1 Å². The van der Waals surface area contributed by atoms with Gasteiger partial charge in [-0.15, -0.1) is 0 Å². The zero-order valence-electron chi connectivity index (χ0n) is 14.0. The van der Waals surface area contributed by atoms with E-state index in [4.69, 9.17) is 4.74 Å². The van der Waals surface area contributed by atoms with E-state index < -0.39 is 0 Å². The lowest BCUT2D eigenvalue weighted by Crippen LogP contribution is -2.31. The standard InChI is InChI=1S/C21H21NO2/c1-15-7-11-20(12-8-15)24-14-21(23)22-16(2)18-10-9-17-5-3-4-6-19(17)13-18/h3-13,16H,14H2,1-2H3,(H,22,23). The quantitative estimate of drug-likeness (QED) is 0.757. The van der Waals surface area contributed by atoms with Gasteiger partial charge in [0.15, 0.2) is 6.61 Å². The number of amides is 1. The van der Waals surface area contributed by atoms with Crippen molar-refractivity contribution in [3.8, 4) is 5.75 Å². The van der Waals surface area contributed by atoms with E-state index in [9.17, 15) is 4.79 Å². The number of rotatable bonds is 5. The van der Waals surface area contributed by atoms with Crippen molar-refractivity contribution in [3.63, 3.8) is 0 Å². The molecular formula is C21H21NO2. The van der Waals surface area contributed by atoms with Gasteiger partial charge in [0, 0.05) is 0 Å². The summed E-state index contributed by atoms with van der Waals surface area (Å²) in [4.78, 5) is 12.1. The van der Waals surface area contributed by atoms with E-state index in [0.29, 0.717) is 5.75 Å². The van der Waals surface area contributed by atoms with Gasteiger partial charge in [-0.3, -0.25) is 4.79 Å². The second-order valence-corrected chi connectivity index (χ2v) is 6.00. The molecule has 1 unspecified atom stereocenters. The first-order valence-electron chi connectivity index (χ1n) is 8.09. The number of nitrogens with one attached hydrogen (secondary N) is 1. The maximum Gasteiger partial charge on any atom is 0.258 e. The minimum atomic E-state index is -0.128. The summed E-state index contributed by atoms with van der Waals surface area (Å²) < 4.78 is 5.52. The van der Waals surface area contributed by atoms with Crippen LogP contribution in [0.1, 0.15) is 24.1 Å². The van der Waals surface area contributed by atoms with E-state index in [1.165, 1.54) is 10.8 Å². The van der Waals surface area contributed by atoms with Crippen molar-refractivity contribution in [1.82, 2.24) is 5.32 Å². The summed E-state index contributed by atoms with van der Waals surface area (Å²) in [6, 6.07) is 22.0. The molecule has 0 aromatic heterocycles. The van der Waals surface area contributed by atoms with Gasteiger partial charge in [-0.25, -0.2) is 0 Å². The van der Waals surface area contributed by atoms with Gasteiger partial charge in [-0.05, 0) is 48.4 Å². The largest absolute Gasteiger partial charge is 0.484 e. The Labute approximate surface area is 142 Å². The van der Waals surface area contributed by atoms with Crippen LogP contribution in [-0.2, 0) is 4.79 Å². The van der Waals surface area contributed by atoms with Crippen molar-refractivity contribution in [2.45, 2.75) is 19.9 Å². The van der Waals surface area contributed by atoms with E-state index in [1.54, 1.807) is 0 Å². The zero-order valence-corrected chi connectivity index (χ0v) is 14.0. The van der Waals surface area contributed by atoms with E-state index in [-0.39, 0.29) is 18.6 Å². The second-order valence-electron chi connectivity index (χ2n) is 6.00. The number of aryl methyl sites for hydroxylation is 1. The molecule has 1 atom stereocenters. The van der Waals surface area contributed by atoms with Crippen LogP contribution < -0.4 is 10.1 Å². The number of hydrogen-bond donors (Lipinski definition) is 1. The lowest BCUT2D eigenvalue weighted by atomic mass is 10.0. The minimum Gasteiger partial charge on any atom is -0.484 e. The molecular weight excluding hydrogens is 298 g/mol. The summed E-state index contributed by atoms with van der Waals surface area (Å²) in [7, 11) is 0. The Morgan fingerprint density at radius 2 is 1.71 bits per heavy atom. The number of fused-ring (bicyclic) bond motifs is 1. The first-order valence-corrected chi connectivity index (χ1v) is 8.09. The van der Waals surface area contributed by atoms with Crippen LogP contribution in [0.4, 0.5) is 0 Å². The molecule has 1 N–H and O–H groups in total. The van der Waals surface area contributed by atoms with Crippen LogP contribution in [0.3, 0.4) is 0 Å². The molecule has 1 amide bonds. The Bertz CT molecular complexity index is 840. The third-order valence-electron chi connectivity index (χ3n) is 4.04. The molecule has 3 aromatic carbocycles. The molecule has 3 heteroatoms. The number of ether oxygens (including phenoxy) is 1. The zero-order chi connectivity index (χ0) is 16.9. The van der Waals surface area contributed by atoms with Crippen molar-refractivity contribution >= 4 is 16.7 Å². The van der Waals surface area contributed by atoms with Crippen molar-refractivity contribution in [3.05, 3.63) is 77.9 Å². The summed E-state index contributed by atoms with van der Waals surface area (Å²) in [6.07, 6.45) is 0. The molecule has 0 heterocycles. The van der Waals surface area contributed by atoms with Crippen molar-refractivity contribution < 1.29 is 9.53 Å². The average molecular weight is 319 g/mol. The molecule has 3 nitrogen and oxygen atoms in total. The highest BCUT2D eigenvalue weighted by molar-refractivity contribution is 5.83. The average Bonchev–Trinajstić information content (AvgIpc) is 2.61. The predicted molar refractivity (Wildman–Crippen MR) is 97.2 cm³/mol. The first-order chi connectivity index (χ1) is 11.6. The summed E-state index contributed by atoms with van der Waals surface area (Å²) in [5.41, 5.74) is 2.24. The molecule has 0 spiro atoms. The van der Waals surface area contributed by atoms with Crippen molar-refractivity contribution in [2.75, 3.05) is 6.61 Å². The molecule has 0 aliphatic rings. The van der Waals surface area contributed by atoms with Gasteiger partial charge in [0.05, 0.1) is 6.04 Å². The third-order valence-corrected chi connectivity index (χ3v) is 4.04. The van der Waals surface area contributed by atoms with Crippen LogP contribution in [0.5, 0.6) is 5.75 Å². The molecule has 0 aliphatic heterocycles. The van der Waals surface area contributed by atoms with Crippen LogP contribution >= 0.6 is 0 Å². The van der Waals surface area contributed by atoms with Gasteiger partial charge < -0.3 is 10.1 Å². The molecule has 0 bridgehead atoms. The minimum absolute atomic E-state index is 0.0149. The van der Waals surface area contributed by atoms with Crippen LogP contribution in [0.2, 0.25) is 0 Å². The third kappa shape index (κ3) is 3.93. The topological polar surface area (TPSA) is 38.3 Å². The summed E-state index contributed by atoms with van der Waals surface area (Å²) in [5, 5.41) is 5.35. The van der Waals surface area contributed by atoms with Gasteiger partial charge in [0.25, 0.3) is 5.91 Å². The Balaban J connectivity index is 1.59. The monoisotopic (exact) mass is 319 g/mol. The smallest absolute Gasteiger partial charge is 0.258 e. The molecule has 0 fully saturated rings. The number of benzene rings is 3. The number of hydrogen-bond acceptors (Lipinski definition) is 2. The van der Waals surface area contributed by atoms with Crippen LogP contribution in [0, 0.1) is 6.92 Å². The van der Waals surface area contributed by atoms with Crippen molar-refractivity contribution in [1.29, 1.82) is 0 Å². The Hall–Kier alpha value is -2.81. The second kappa shape index (κ2) is 7.18. The normalized spacial score (nSPS) is 11.9. The van der Waals surface area contributed by atoms with Crippen molar-refractivity contribution in [2.24, 2.45) is 0 Å². The SMILES string of the molecule is Cc1ccc(OCC(=O)NC(C)c2ccc3ccccc3c2)cc1. The first kappa shape index (κ1) is 16.1. The van der Waals surface area contributed by atoms with E-state index >= 15 is 0 Å². The maximum absolute atomic E-state index is 12.1. The predicted octanol–water partition coefficient (Wildman–Crippen LogP) is 4.40. The molecule has 0 saturated heterocycles. The molecule has 122 valence electrons. The maximum atomic E-state index is 12.1. The van der Waals surface area contributed by atoms with Gasteiger partial charge in [-0.2, -0.15) is 0 Å². The van der Waals surface area contributed by atoms with E-state index in [1.807, 2.05) is 56.3 Å². The number of carbonyl (C=O) groups is 1. The van der Waals surface area contributed by atoms with Crippen LogP contribution in [-0.4, -0.2) is 12.5 Å². The Morgan fingerprint density at radius 3 is 2.46 bits per heavy atom. The Kier molecular flexibility index (Phi) is 4.80. The fourth-order valence-corrected chi connectivity index (χ4v) is 2.63. The molecule has 3 aromatic rings. The molecule has 24 heavy (non-hydrogen) atoms. The lowest BCUT2D eigenvalue weighted by Gasteiger charge is -2.15. The molecule has 0 saturated carbocycles. The highest BCUT2D eigenvalue weighted by atomic mass is 16.5. The van der Waals surface area contributed by atoms with Crippen LogP contribution in [0.15, 0.2) is 66.7 Å². The van der Waals surface area contributed by atoms with Gasteiger partial charge >= 0.3 is 0 Å². The van der Waals surface area contributed by atoms with Gasteiger partial charge in [0.1, 0.15) is 5.75 Å². The molecule has 0 aliphatic carbocycles. The molecule has 3 rings (SSSR count). The molecule has 0 radical (unpaired) electrons.